The van der Waals surface area contributed by atoms with Crippen molar-refractivity contribution in [1.82, 2.24) is 10.2 Å². The highest BCUT2D eigenvalue weighted by Crippen LogP contribution is 2.31. The van der Waals surface area contributed by atoms with E-state index in [9.17, 15) is 0 Å². The Balaban J connectivity index is 2.68. The van der Waals surface area contributed by atoms with E-state index < -0.39 is 0 Å². The molecule has 0 amide bonds. The quantitative estimate of drug-likeness (QED) is 0.557. The van der Waals surface area contributed by atoms with Crippen molar-refractivity contribution in [2.24, 2.45) is 0 Å². The molecule has 3 heteroatoms. The summed E-state index contributed by atoms with van der Waals surface area (Å²) < 4.78 is 1.32. The molecule has 3 rings (SSSR count). The molecule has 0 saturated heterocycles. The second-order valence-electron chi connectivity index (χ2n) is 2.71. The molecule has 0 fully saturated rings. The van der Waals surface area contributed by atoms with Crippen LogP contribution in [0, 0.1) is 0 Å². The third kappa shape index (κ3) is 0.662. The molecule has 1 aromatic carbocycles. The molecule has 12 heavy (non-hydrogen) atoms. The van der Waals surface area contributed by atoms with Crippen LogP contribution in [0.25, 0.3) is 20.3 Å². The highest BCUT2D eigenvalue weighted by molar-refractivity contribution is 7.25. The van der Waals surface area contributed by atoms with E-state index in [0.29, 0.717) is 0 Å². The van der Waals surface area contributed by atoms with Crippen LogP contribution in [0.1, 0.15) is 0 Å². The predicted octanol–water partition coefficient (Wildman–Crippen LogP) is 2.78. The van der Waals surface area contributed by atoms with Crippen molar-refractivity contribution in [3.63, 3.8) is 0 Å². The van der Waals surface area contributed by atoms with Gasteiger partial charge in [-0.3, -0.25) is 5.10 Å². The van der Waals surface area contributed by atoms with E-state index in [2.05, 4.69) is 34.5 Å². The number of aromatic amines is 1. The molecule has 0 aliphatic rings. The normalized spacial score (nSPS) is 11.3. The molecule has 0 unspecified atom stereocenters. The number of aromatic nitrogens is 2. The first-order chi connectivity index (χ1) is 5.95. The summed E-state index contributed by atoms with van der Waals surface area (Å²) in [5.41, 5.74) is 0. The van der Waals surface area contributed by atoms with Gasteiger partial charge in [-0.2, -0.15) is 5.10 Å². The first-order valence-electron chi connectivity index (χ1n) is 3.76. The van der Waals surface area contributed by atoms with Gasteiger partial charge in [-0.15, -0.1) is 11.3 Å². The average Bonchev–Trinajstić information content (AvgIpc) is 2.62. The number of H-pyrrole nitrogens is 1. The van der Waals surface area contributed by atoms with Gasteiger partial charge < -0.3 is 0 Å². The standard InChI is InChI=1S/C9H6N2S/c1-2-4-8-6(3-1)7-5-10-11-9(7)12-8/h1-5H,(H,10,11). The summed E-state index contributed by atoms with van der Waals surface area (Å²) in [5.74, 6) is 0. The van der Waals surface area contributed by atoms with Crippen molar-refractivity contribution in [2.75, 3.05) is 0 Å². The Labute approximate surface area is 72.8 Å². The molecule has 0 aliphatic carbocycles. The Kier molecular flexibility index (Phi) is 1.07. The number of rotatable bonds is 0. The molecule has 0 atom stereocenters. The second-order valence-corrected chi connectivity index (χ2v) is 3.76. The maximum Gasteiger partial charge on any atom is 0.119 e. The van der Waals surface area contributed by atoms with Gasteiger partial charge in [-0.1, -0.05) is 18.2 Å². The molecule has 58 valence electrons. The van der Waals surface area contributed by atoms with Crippen molar-refractivity contribution in [1.29, 1.82) is 0 Å². The van der Waals surface area contributed by atoms with E-state index in [-0.39, 0.29) is 0 Å². The van der Waals surface area contributed by atoms with Crippen molar-refractivity contribution in [3.8, 4) is 0 Å². The number of hydrogen-bond acceptors (Lipinski definition) is 2. The van der Waals surface area contributed by atoms with Gasteiger partial charge in [0.1, 0.15) is 4.83 Å². The number of benzene rings is 1. The van der Waals surface area contributed by atoms with Crippen molar-refractivity contribution >= 4 is 31.6 Å². The number of hydrogen-bond donors (Lipinski definition) is 1. The molecule has 0 spiro atoms. The molecule has 1 N–H and O–H groups in total. The lowest BCUT2D eigenvalue weighted by molar-refractivity contribution is 1.13. The Hall–Kier alpha value is -1.35. The minimum Gasteiger partial charge on any atom is -0.268 e. The van der Waals surface area contributed by atoms with Crippen LogP contribution in [0.3, 0.4) is 0 Å². The van der Waals surface area contributed by atoms with Crippen LogP contribution in [-0.4, -0.2) is 10.2 Å². The first-order valence-corrected chi connectivity index (χ1v) is 4.57. The fourth-order valence-corrected chi connectivity index (χ4v) is 2.46. The smallest absolute Gasteiger partial charge is 0.119 e. The van der Waals surface area contributed by atoms with E-state index in [0.717, 1.165) is 4.83 Å². The van der Waals surface area contributed by atoms with Crippen molar-refractivity contribution in [2.45, 2.75) is 0 Å². The highest BCUT2D eigenvalue weighted by Gasteiger charge is 2.03. The number of nitrogens with one attached hydrogen (secondary N) is 1. The minimum atomic E-state index is 1.16. The van der Waals surface area contributed by atoms with E-state index >= 15 is 0 Å². The van der Waals surface area contributed by atoms with Crippen molar-refractivity contribution < 1.29 is 0 Å². The molecular formula is C9H6N2S. The van der Waals surface area contributed by atoms with Gasteiger partial charge in [0, 0.05) is 15.5 Å². The summed E-state index contributed by atoms with van der Waals surface area (Å²) in [5, 5.41) is 9.50. The number of nitrogens with zero attached hydrogens (tertiary/aromatic N) is 1. The lowest BCUT2D eigenvalue weighted by Gasteiger charge is -1.84. The summed E-state index contributed by atoms with van der Waals surface area (Å²) in [4.78, 5) is 1.16. The Morgan fingerprint density at radius 1 is 1.17 bits per heavy atom. The van der Waals surface area contributed by atoms with Gasteiger partial charge in [0.05, 0.1) is 6.20 Å². The second kappa shape index (κ2) is 2.08. The van der Waals surface area contributed by atoms with Gasteiger partial charge in [-0.25, -0.2) is 0 Å². The molecule has 0 bridgehead atoms. The number of thiophene rings is 1. The third-order valence-electron chi connectivity index (χ3n) is 1.99. The summed E-state index contributed by atoms with van der Waals surface area (Å²) in [7, 11) is 0. The van der Waals surface area contributed by atoms with E-state index in [4.69, 9.17) is 0 Å². The molecule has 2 nitrogen and oxygen atoms in total. The lowest BCUT2D eigenvalue weighted by Crippen LogP contribution is -1.60. The number of fused-ring (bicyclic) bond motifs is 3. The van der Waals surface area contributed by atoms with Crippen LogP contribution < -0.4 is 0 Å². The molecular weight excluding hydrogens is 168 g/mol. The SMILES string of the molecule is c1ccc2c(c1)sc1[nH]ncc12. The predicted molar refractivity (Wildman–Crippen MR) is 51.5 cm³/mol. The minimum absolute atomic E-state index is 1.16. The molecule has 2 aromatic heterocycles. The van der Waals surface area contributed by atoms with Crippen LogP contribution in [0.2, 0.25) is 0 Å². The van der Waals surface area contributed by atoms with Crippen LogP contribution in [0.4, 0.5) is 0 Å². The molecule has 2 heterocycles. The Morgan fingerprint density at radius 2 is 2.08 bits per heavy atom. The van der Waals surface area contributed by atoms with Gasteiger partial charge >= 0.3 is 0 Å². The summed E-state index contributed by atoms with van der Waals surface area (Å²) >= 11 is 1.75. The highest BCUT2D eigenvalue weighted by atomic mass is 32.1. The maximum atomic E-state index is 4.00. The largest absolute Gasteiger partial charge is 0.268 e. The first kappa shape index (κ1) is 6.20. The lowest BCUT2D eigenvalue weighted by atomic mass is 10.2. The van der Waals surface area contributed by atoms with Crippen molar-refractivity contribution in [3.05, 3.63) is 30.5 Å². The molecule has 0 aliphatic heterocycles. The molecule has 0 radical (unpaired) electrons. The zero-order valence-corrected chi connectivity index (χ0v) is 7.06. The summed E-state index contributed by atoms with van der Waals surface area (Å²) in [6.07, 6.45) is 1.88. The molecule has 3 aromatic rings. The van der Waals surface area contributed by atoms with Gasteiger partial charge in [0.2, 0.25) is 0 Å². The molecule has 0 saturated carbocycles. The van der Waals surface area contributed by atoms with E-state index in [1.807, 2.05) is 6.20 Å². The monoisotopic (exact) mass is 174 g/mol. The van der Waals surface area contributed by atoms with Gasteiger partial charge in [-0.05, 0) is 6.07 Å². The fraction of sp³-hybridized carbons (Fsp3) is 0. The van der Waals surface area contributed by atoms with E-state index in [1.165, 1.54) is 15.5 Å². The van der Waals surface area contributed by atoms with E-state index in [1.54, 1.807) is 11.3 Å². The Morgan fingerprint density at radius 3 is 3.08 bits per heavy atom. The van der Waals surface area contributed by atoms with Crippen LogP contribution in [0.15, 0.2) is 30.5 Å². The van der Waals surface area contributed by atoms with Crippen LogP contribution in [0.5, 0.6) is 0 Å². The Bertz CT molecular complexity index is 534. The third-order valence-corrected chi connectivity index (χ3v) is 3.08. The average molecular weight is 174 g/mol. The van der Waals surface area contributed by atoms with Crippen LogP contribution in [-0.2, 0) is 0 Å². The fourth-order valence-electron chi connectivity index (χ4n) is 1.43. The summed E-state index contributed by atoms with van der Waals surface area (Å²) in [6.45, 7) is 0. The zero-order valence-electron chi connectivity index (χ0n) is 6.24. The van der Waals surface area contributed by atoms with Gasteiger partial charge in [0.25, 0.3) is 0 Å². The van der Waals surface area contributed by atoms with Crippen LogP contribution >= 0.6 is 11.3 Å². The van der Waals surface area contributed by atoms with Gasteiger partial charge in [0.15, 0.2) is 0 Å². The topological polar surface area (TPSA) is 28.7 Å². The maximum absolute atomic E-state index is 4.00. The summed E-state index contributed by atoms with van der Waals surface area (Å²) in [6, 6.07) is 8.38. The zero-order chi connectivity index (χ0) is 7.97.